The minimum absolute atomic E-state index is 0. The molecule has 1 aromatic rings. The number of hydrogen-bond donors (Lipinski definition) is 2. The number of ether oxygens (including phenoxy) is 2. The van der Waals surface area contributed by atoms with E-state index in [-0.39, 0.29) is 30.1 Å². The quantitative estimate of drug-likeness (QED) is 0.343. The van der Waals surface area contributed by atoms with Crippen LogP contribution in [0, 0.1) is 0 Å². The van der Waals surface area contributed by atoms with Gasteiger partial charge in [-0.1, -0.05) is 6.07 Å². The molecule has 2 N–H and O–H groups in total. The van der Waals surface area contributed by atoms with Crippen molar-refractivity contribution >= 4 is 29.9 Å². The van der Waals surface area contributed by atoms with Crippen LogP contribution in [0.4, 0.5) is 0 Å². The molecule has 1 heterocycles. The van der Waals surface area contributed by atoms with Gasteiger partial charge in [0.25, 0.3) is 0 Å². The number of aliphatic imine (C=N–C) groups is 1. The first kappa shape index (κ1) is 22.8. The second-order valence-corrected chi connectivity index (χ2v) is 6.02. The SMILES string of the molecule is CCNC(=NCCc1ccc(OCC)c(OCC)c1)N1CC[C@@H](O)C1.I. The summed E-state index contributed by atoms with van der Waals surface area (Å²) in [5.41, 5.74) is 1.17. The summed E-state index contributed by atoms with van der Waals surface area (Å²) in [5.74, 6) is 2.46. The lowest BCUT2D eigenvalue weighted by atomic mass is 10.1. The molecule has 1 atom stereocenters. The molecule has 0 amide bonds. The maximum absolute atomic E-state index is 9.72. The molecule has 0 aliphatic carbocycles. The van der Waals surface area contributed by atoms with Crippen molar-refractivity contribution in [3.8, 4) is 11.5 Å². The summed E-state index contributed by atoms with van der Waals surface area (Å²) < 4.78 is 11.3. The van der Waals surface area contributed by atoms with E-state index in [0.717, 1.165) is 43.4 Å². The molecule has 0 saturated carbocycles. The van der Waals surface area contributed by atoms with E-state index in [1.807, 2.05) is 26.0 Å². The molecule has 0 unspecified atom stereocenters. The average molecular weight is 477 g/mol. The van der Waals surface area contributed by atoms with Crippen molar-refractivity contribution in [2.75, 3.05) is 39.4 Å². The van der Waals surface area contributed by atoms with Gasteiger partial charge in [-0.15, -0.1) is 24.0 Å². The number of benzene rings is 1. The fourth-order valence-electron chi connectivity index (χ4n) is 2.90. The highest BCUT2D eigenvalue weighted by atomic mass is 127. The Labute approximate surface area is 174 Å². The Kier molecular flexibility index (Phi) is 10.7. The van der Waals surface area contributed by atoms with Gasteiger partial charge in [-0.3, -0.25) is 4.99 Å². The van der Waals surface area contributed by atoms with E-state index >= 15 is 0 Å². The number of nitrogens with one attached hydrogen (secondary N) is 1. The van der Waals surface area contributed by atoms with Crippen molar-refractivity contribution in [1.29, 1.82) is 0 Å². The molecular formula is C19H32IN3O3. The second-order valence-electron chi connectivity index (χ2n) is 6.02. The van der Waals surface area contributed by atoms with Crippen molar-refractivity contribution in [1.82, 2.24) is 10.2 Å². The van der Waals surface area contributed by atoms with Crippen molar-refractivity contribution in [3.63, 3.8) is 0 Å². The van der Waals surface area contributed by atoms with Crippen LogP contribution in [-0.4, -0.2) is 61.5 Å². The third-order valence-corrected chi connectivity index (χ3v) is 4.07. The Bertz CT molecular complexity index is 569. The molecule has 0 spiro atoms. The third kappa shape index (κ3) is 6.83. The number of halogens is 1. The predicted molar refractivity (Wildman–Crippen MR) is 116 cm³/mol. The summed E-state index contributed by atoms with van der Waals surface area (Å²) in [6.45, 7) is 10.3. The summed E-state index contributed by atoms with van der Waals surface area (Å²) >= 11 is 0. The third-order valence-electron chi connectivity index (χ3n) is 4.07. The van der Waals surface area contributed by atoms with E-state index in [1.54, 1.807) is 0 Å². The Morgan fingerprint density at radius 3 is 2.58 bits per heavy atom. The monoisotopic (exact) mass is 477 g/mol. The maximum atomic E-state index is 9.72. The van der Waals surface area contributed by atoms with Gasteiger partial charge in [0.15, 0.2) is 17.5 Å². The van der Waals surface area contributed by atoms with E-state index in [4.69, 9.17) is 14.5 Å². The van der Waals surface area contributed by atoms with Gasteiger partial charge in [0, 0.05) is 26.2 Å². The number of hydrogen-bond acceptors (Lipinski definition) is 4. The van der Waals surface area contributed by atoms with Crippen molar-refractivity contribution in [2.45, 2.75) is 39.7 Å². The van der Waals surface area contributed by atoms with Gasteiger partial charge < -0.3 is 24.8 Å². The lowest BCUT2D eigenvalue weighted by Crippen LogP contribution is -2.40. The van der Waals surface area contributed by atoms with Gasteiger partial charge in [-0.25, -0.2) is 0 Å². The molecule has 26 heavy (non-hydrogen) atoms. The molecule has 1 saturated heterocycles. The topological polar surface area (TPSA) is 66.3 Å². The highest BCUT2D eigenvalue weighted by Gasteiger charge is 2.22. The number of likely N-dealkylation sites (tertiary alicyclic amines) is 1. The van der Waals surface area contributed by atoms with Crippen LogP contribution in [-0.2, 0) is 6.42 Å². The molecule has 1 aliphatic heterocycles. The number of guanidine groups is 1. The van der Waals surface area contributed by atoms with Crippen LogP contribution in [0.25, 0.3) is 0 Å². The van der Waals surface area contributed by atoms with Gasteiger partial charge in [0.05, 0.1) is 19.3 Å². The van der Waals surface area contributed by atoms with Crippen LogP contribution in [0.1, 0.15) is 32.8 Å². The molecule has 6 nitrogen and oxygen atoms in total. The predicted octanol–water partition coefficient (Wildman–Crippen LogP) is 2.68. The normalized spacial score (nSPS) is 17.0. The first-order chi connectivity index (χ1) is 12.2. The van der Waals surface area contributed by atoms with Crippen LogP contribution in [0.5, 0.6) is 11.5 Å². The molecule has 148 valence electrons. The standard InChI is InChI=1S/C19H31N3O3.HI/c1-4-20-19(22-12-10-16(23)14-22)21-11-9-15-7-8-17(24-5-2)18(13-15)25-6-3;/h7-8,13,16,23H,4-6,9-12,14H2,1-3H3,(H,20,21);1H/t16-;/m1./s1. The summed E-state index contributed by atoms with van der Waals surface area (Å²) in [6, 6.07) is 6.07. The Hall–Kier alpha value is -1.22. The molecule has 1 aromatic carbocycles. The molecule has 1 fully saturated rings. The van der Waals surface area contributed by atoms with E-state index in [9.17, 15) is 5.11 Å². The fourth-order valence-corrected chi connectivity index (χ4v) is 2.90. The fraction of sp³-hybridized carbons (Fsp3) is 0.632. The summed E-state index contributed by atoms with van der Waals surface area (Å²) in [6.07, 6.45) is 1.39. The maximum Gasteiger partial charge on any atom is 0.194 e. The first-order valence-corrected chi connectivity index (χ1v) is 9.27. The van der Waals surface area contributed by atoms with Gasteiger partial charge in [-0.05, 0) is 51.3 Å². The zero-order chi connectivity index (χ0) is 18.1. The van der Waals surface area contributed by atoms with E-state index in [2.05, 4.69) is 23.2 Å². The van der Waals surface area contributed by atoms with Gasteiger partial charge in [0.1, 0.15) is 0 Å². The lowest BCUT2D eigenvalue weighted by Gasteiger charge is -2.21. The van der Waals surface area contributed by atoms with E-state index in [1.165, 1.54) is 5.56 Å². The second kappa shape index (κ2) is 12.2. The van der Waals surface area contributed by atoms with Crippen LogP contribution >= 0.6 is 24.0 Å². The summed E-state index contributed by atoms with van der Waals surface area (Å²) in [5, 5.41) is 13.0. The van der Waals surface area contributed by atoms with Crippen LogP contribution in [0.2, 0.25) is 0 Å². The number of rotatable bonds is 8. The van der Waals surface area contributed by atoms with E-state index in [0.29, 0.717) is 26.3 Å². The van der Waals surface area contributed by atoms with Gasteiger partial charge in [-0.2, -0.15) is 0 Å². The van der Waals surface area contributed by atoms with Gasteiger partial charge >= 0.3 is 0 Å². The zero-order valence-electron chi connectivity index (χ0n) is 16.0. The van der Waals surface area contributed by atoms with Crippen molar-refractivity contribution < 1.29 is 14.6 Å². The number of aliphatic hydroxyl groups is 1. The molecule has 2 rings (SSSR count). The molecule has 0 aromatic heterocycles. The molecular weight excluding hydrogens is 445 g/mol. The van der Waals surface area contributed by atoms with Crippen molar-refractivity contribution in [3.05, 3.63) is 23.8 Å². The van der Waals surface area contributed by atoms with Crippen LogP contribution in [0.15, 0.2) is 23.2 Å². The smallest absolute Gasteiger partial charge is 0.194 e. The van der Waals surface area contributed by atoms with Crippen LogP contribution in [0.3, 0.4) is 0 Å². The number of nitrogens with zero attached hydrogens (tertiary/aromatic N) is 2. The van der Waals surface area contributed by atoms with Gasteiger partial charge in [0.2, 0.25) is 0 Å². The zero-order valence-corrected chi connectivity index (χ0v) is 18.4. The van der Waals surface area contributed by atoms with Crippen molar-refractivity contribution in [2.24, 2.45) is 4.99 Å². The Balaban J connectivity index is 0.00000338. The lowest BCUT2D eigenvalue weighted by molar-refractivity contribution is 0.188. The largest absolute Gasteiger partial charge is 0.490 e. The molecule has 0 radical (unpaired) electrons. The molecule has 7 heteroatoms. The summed E-state index contributed by atoms with van der Waals surface area (Å²) in [7, 11) is 0. The minimum atomic E-state index is -0.247. The van der Waals surface area contributed by atoms with E-state index < -0.39 is 0 Å². The average Bonchev–Trinajstić information content (AvgIpc) is 3.03. The highest BCUT2D eigenvalue weighted by molar-refractivity contribution is 14.0. The summed E-state index contributed by atoms with van der Waals surface area (Å²) in [4.78, 5) is 6.83. The number of β-amino-alcohol motifs (C(OH)–C–C–N with tert-alkyl or cyclic N) is 1. The Morgan fingerprint density at radius 1 is 1.23 bits per heavy atom. The van der Waals surface area contributed by atoms with Crippen LogP contribution < -0.4 is 14.8 Å². The highest BCUT2D eigenvalue weighted by Crippen LogP contribution is 2.28. The Morgan fingerprint density at radius 2 is 1.96 bits per heavy atom. The molecule has 0 bridgehead atoms. The molecule has 1 aliphatic rings. The first-order valence-electron chi connectivity index (χ1n) is 9.27. The number of aliphatic hydroxyl groups excluding tert-OH is 1. The minimum Gasteiger partial charge on any atom is -0.490 e.